The molecule has 0 N–H and O–H groups in total. The van der Waals surface area contributed by atoms with Crippen LogP contribution in [0.4, 0.5) is 0 Å². The molecule has 36 heavy (non-hydrogen) atoms. The largest absolute Gasteiger partial charge is 0.536 e. The van der Waals surface area contributed by atoms with Crippen molar-refractivity contribution in [2.75, 3.05) is 13.3 Å². The lowest BCUT2D eigenvalue weighted by Gasteiger charge is -2.04. The molecule has 0 unspecified atom stereocenters. The van der Waals surface area contributed by atoms with Gasteiger partial charge in [0, 0.05) is 39.9 Å². The Morgan fingerprint density at radius 2 is 1.22 bits per heavy atom. The van der Waals surface area contributed by atoms with Crippen LogP contribution in [-0.4, -0.2) is 98.2 Å². The number of esters is 2. The van der Waals surface area contributed by atoms with E-state index in [2.05, 4.69) is 29.1 Å². The van der Waals surface area contributed by atoms with Crippen LogP contribution in [0.1, 0.15) is 20.8 Å². The zero-order valence-electron chi connectivity index (χ0n) is 21.6. The molecule has 178 valence electrons. The van der Waals surface area contributed by atoms with Crippen LogP contribution < -0.4 is 0 Å². The van der Waals surface area contributed by atoms with Crippen molar-refractivity contribution in [2.45, 2.75) is 46.1 Å². The number of carbonyl (C=O) groups is 3. The lowest BCUT2D eigenvalue weighted by molar-refractivity contribution is -0.145. The molecule has 12 radical (unpaired) electrons. The molecule has 0 aromatic carbocycles. The molecule has 0 aromatic rings. The van der Waals surface area contributed by atoms with E-state index in [1.807, 2.05) is 0 Å². The molecular formula is C20H29B9O7. The third-order valence-corrected chi connectivity index (χ3v) is 3.18. The van der Waals surface area contributed by atoms with Crippen molar-refractivity contribution in [1.29, 1.82) is 0 Å². The van der Waals surface area contributed by atoms with E-state index < -0.39 is 5.97 Å². The molecule has 0 amide bonds. The van der Waals surface area contributed by atoms with Crippen molar-refractivity contribution in [3.05, 3.63) is 48.4 Å². The van der Waals surface area contributed by atoms with Gasteiger partial charge in [-0.2, -0.15) is 0 Å². The topological polar surface area (TPSA) is 88.1 Å². The van der Waals surface area contributed by atoms with Crippen LogP contribution in [0.3, 0.4) is 0 Å². The second-order valence-corrected chi connectivity index (χ2v) is 6.83. The second-order valence-electron chi connectivity index (χ2n) is 6.83. The Hall–Kier alpha value is -2.09. The van der Waals surface area contributed by atoms with Gasteiger partial charge in [0.25, 0.3) is 7.48 Å². The SMILES string of the molecule is [B][B]/C=C/[B]COC(=O)C(=C)C.[B][B]CC[B]OC(=O)C(=C)C.[B][B]CC[B]OCOC(=O)C(=C)C. The van der Waals surface area contributed by atoms with Gasteiger partial charge >= 0.3 is 25.4 Å². The first-order valence-electron chi connectivity index (χ1n) is 10.9. The number of hydrogen-bond donors (Lipinski definition) is 0. The summed E-state index contributed by atoms with van der Waals surface area (Å²) < 4.78 is 18.9. The number of ether oxygens (including phenoxy) is 2. The first-order valence-corrected chi connectivity index (χ1v) is 10.9. The van der Waals surface area contributed by atoms with Gasteiger partial charge in [0.2, 0.25) is 0 Å². The van der Waals surface area contributed by atoms with Crippen LogP contribution in [0.15, 0.2) is 48.4 Å². The molecule has 0 heterocycles. The van der Waals surface area contributed by atoms with E-state index in [0.29, 0.717) is 35.7 Å². The summed E-state index contributed by atoms with van der Waals surface area (Å²) in [5.74, 6) is 2.14. The van der Waals surface area contributed by atoms with Gasteiger partial charge in [-0.05, 0) is 27.1 Å². The molecule has 0 aliphatic carbocycles. The van der Waals surface area contributed by atoms with Crippen LogP contribution in [0.5, 0.6) is 0 Å². The predicted molar refractivity (Wildman–Crippen MR) is 154 cm³/mol. The van der Waals surface area contributed by atoms with Crippen molar-refractivity contribution in [1.82, 2.24) is 0 Å². The second kappa shape index (κ2) is 29.1. The number of hydrogen-bond acceptors (Lipinski definition) is 7. The van der Waals surface area contributed by atoms with Gasteiger partial charge in [0.15, 0.2) is 14.1 Å². The molecular weight excluding hydrogens is 450 g/mol. The van der Waals surface area contributed by atoms with Crippen molar-refractivity contribution in [3.63, 3.8) is 0 Å². The summed E-state index contributed by atoms with van der Waals surface area (Å²) in [5.41, 5.74) is 1.16. The summed E-state index contributed by atoms with van der Waals surface area (Å²) in [5, 5.41) is 0. The maximum atomic E-state index is 10.8. The Morgan fingerprint density at radius 1 is 0.722 bits per heavy atom. The smallest absolute Gasteiger partial charge is 0.373 e. The Morgan fingerprint density at radius 3 is 1.69 bits per heavy atom. The van der Waals surface area contributed by atoms with Gasteiger partial charge in [-0.3, -0.25) is 0 Å². The van der Waals surface area contributed by atoms with E-state index in [1.165, 1.54) is 21.8 Å². The van der Waals surface area contributed by atoms with Crippen molar-refractivity contribution in [3.8, 4) is 0 Å². The molecule has 0 spiro atoms. The summed E-state index contributed by atoms with van der Waals surface area (Å²) in [4.78, 5) is 32.3. The molecule has 0 bridgehead atoms. The van der Waals surface area contributed by atoms with Crippen molar-refractivity contribution in [2.24, 2.45) is 0 Å². The third-order valence-electron chi connectivity index (χ3n) is 3.18. The minimum Gasteiger partial charge on any atom is -0.536 e. The average Bonchev–Trinajstić information content (AvgIpc) is 2.84. The minimum absolute atomic E-state index is 0.0732. The van der Waals surface area contributed by atoms with Crippen molar-refractivity contribution >= 4 is 84.9 Å². The fourth-order valence-electron chi connectivity index (χ4n) is 1.35. The summed E-state index contributed by atoms with van der Waals surface area (Å²) in [7, 11) is 24.4. The van der Waals surface area contributed by atoms with Crippen LogP contribution in [0.2, 0.25) is 25.3 Å². The minimum atomic E-state index is -0.446. The number of carbonyl (C=O) groups excluding carboxylic acids is 3. The lowest BCUT2D eigenvalue weighted by Crippen LogP contribution is -2.10. The highest BCUT2D eigenvalue weighted by Gasteiger charge is 2.03. The summed E-state index contributed by atoms with van der Waals surface area (Å²) in [6.45, 7) is 15.2. The van der Waals surface area contributed by atoms with E-state index in [-0.39, 0.29) is 25.2 Å². The normalized spacial score (nSPS) is 8.97. The van der Waals surface area contributed by atoms with Crippen LogP contribution in [0, 0.1) is 0 Å². The molecule has 0 saturated heterocycles. The molecule has 0 aliphatic rings. The highest BCUT2D eigenvalue weighted by Crippen LogP contribution is 1.94. The zero-order valence-corrected chi connectivity index (χ0v) is 21.6. The maximum absolute atomic E-state index is 10.8. The fourth-order valence-corrected chi connectivity index (χ4v) is 1.35. The van der Waals surface area contributed by atoms with E-state index in [0.717, 1.165) is 6.32 Å². The Kier molecular flexibility index (Phi) is 31.1. The first-order chi connectivity index (χ1) is 17.0. The van der Waals surface area contributed by atoms with Crippen LogP contribution in [0.25, 0.3) is 0 Å². The molecule has 7 nitrogen and oxygen atoms in total. The zero-order chi connectivity index (χ0) is 28.2. The van der Waals surface area contributed by atoms with Gasteiger partial charge < -0.3 is 18.8 Å². The first kappa shape index (κ1) is 38.4. The molecule has 0 aliphatic heterocycles. The van der Waals surface area contributed by atoms with Crippen LogP contribution >= 0.6 is 0 Å². The lowest BCUT2D eigenvalue weighted by atomic mass is 9.51. The van der Waals surface area contributed by atoms with Gasteiger partial charge in [0.05, 0.1) is 28.0 Å². The van der Waals surface area contributed by atoms with E-state index >= 15 is 0 Å². The highest BCUT2D eigenvalue weighted by atomic mass is 16.7. The van der Waals surface area contributed by atoms with E-state index in [9.17, 15) is 14.4 Å². The molecule has 0 fully saturated rings. The number of rotatable bonds is 17. The highest BCUT2D eigenvalue weighted by molar-refractivity contribution is 6.92. The fraction of sp³-hybridized carbons (Fsp3) is 0.450. The third kappa shape index (κ3) is 31.9. The Bertz CT molecular complexity index is 688. The standard InChI is InChI=1S/C7H11B3O3.C7H9B3O2.C6H9B3O2/c1-6(2)7(11)12-5-13-10-4-3-9-8;1-6(2)7(11)12-5-9-3-4-10-8;1-5(2)6(10)11-9-4-3-8-7/h1,3-5H2,2H3;3-4H,1,5H2,2H3;1,3-4H2,2H3/b;4-3+;. The molecule has 16 heteroatoms. The molecule has 0 saturated carbocycles. The summed E-state index contributed by atoms with van der Waals surface area (Å²) in [6, 6.07) is 0. The van der Waals surface area contributed by atoms with Gasteiger partial charge in [-0.15, -0.1) is 12.0 Å². The predicted octanol–water partition coefficient (Wildman–Crippen LogP) is 0.699. The molecule has 0 atom stereocenters. The summed E-state index contributed by atoms with van der Waals surface area (Å²) >= 11 is 0. The van der Waals surface area contributed by atoms with Gasteiger partial charge in [0.1, 0.15) is 0 Å². The quantitative estimate of drug-likeness (QED) is 0.0999. The van der Waals surface area contributed by atoms with E-state index in [1.54, 1.807) is 54.7 Å². The van der Waals surface area contributed by atoms with Gasteiger partial charge in [-0.25, -0.2) is 14.4 Å². The molecule has 0 rings (SSSR count). The Balaban J connectivity index is -0.000000455. The summed E-state index contributed by atoms with van der Waals surface area (Å²) in [6.07, 6.45) is 2.81. The monoisotopic (exact) mass is 480 g/mol. The van der Waals surface area contributed by atoms with E-state index in [4.69, 9.17) is 32.6 Å². The van der Waals surface area contributed by atoms with Crippen LogP contribution in [-0.2, 0) is 33.2 Å². The molecule has 0 aromatic heterocycles. The van der Waals surface area contributed by atoms with Gasteiger partial charge in [-0.1, -0.05) is 38.7 Å². The average molecular weight is 479 g/mol. The Labute approximate surface area is 225 Å². The van der Waals surface area contributed by atoms with Crippen molar-refractivity contribution < 1.29 is 33.2 Å². The maximum Gasteiger partial charge on any atom is 0.373 e.